The number of hydrogen-bond acceptors (Lipinski definition) is 6. The third-order valence-electron chi connectivity index (χ3n) is 2.85. The third kappa shape index (κ3) is 3.53. The molecule has 0 spiro atoms. The van der Waals surface area contributed by atoms with Crippen molar-refractivity contribution < 1.29 is 14.5 Å². The highest BCUT2D eigenvalue weighted by atomic mass is 16.6. The smallest absolute Gasteiger partial charge is 0.293 e. The lowest BCUT2D eigenvalue weighted by molar-refractivity contribution is -0.384. The molecule has 1 aromatic heterocycles. The maximum absolute atomic E-state index is 11.0. The average Bonchev–Trinajstić information content (AvgIpc) is 2.52. The first-order valence-corrected chi connectivity index (χ1v) is 6.10. The minimum atomic E-state index is -0.525. The zero-order chi connectivity index (χ0) is 15.2. The Kier molecular flexibility index (Phi) is 4.45. The highest BCUT2D eigenvalue weighted by Crippen LogP contribution is 2.25. The Bertz CT molecular complexity index is 673. The molecule has 0 radical (unpaired) electrons. The van der Waals surface area contributed by atoms with Crippen LogP contribution in [-0.2, 0) is 6.54 Å². The van der Waals surface area contributed by atoms with Crippen LogP contribution in [0.25, 0.3) is 0 Å². The Labute approximate surface area is 120 Å². The molecule has 0 saturated heterocycles. The van der Waals surface area contributed by atoms with Crippen LogP contribution in [0.3, 0.4) is 0 Å². The summed E-state index contributed by atoms with van der Waals surface area (Å²) >= 11 is 0. The van der Waals surface area contributed by atoms with Gasteiger partial charge in [0.25, 0.3) is 5.69 Å². The maximum Gasteiger partial charge on any atom is 0.293 e. The molecule has 0 saturated carbocycles. The Balaban J connectivity index is 2.19. The van der Waals surface area contributed by atoms with Gasteiger partial charge >= 0.3 is 0 Å². The van der Waals surface area contributed by atoms with Crippen molar-refractivity contribution in [3.63, 3.8) is 0 Å². The SMILES string of the molecule is COc1cc(CNc2ccc(C=O)cc2[N+](=O)[O-])ccn1. The number of nitrogens with one attached hydrogen (secondary N) is 1. The molecular formula is C14H13N3O4. The van der Waals surface area contributed by atoms with Gasteiger partial charge in [0.05, 0.1) is 12.0 Å². The summed E-state index contributed by atoms with van der Waals surface area (Å²) in [5, 5.41) is 14.0. The molecule has 0 aliphatic heterocycles. The molecular weight excluding hydrogens is 274 g/mol. The van der Waals surface area contributed by atoms with Gasteiger partial charge in [0.15, 0.2) is 0 Å². The van der Waals surface area contributed by atoms with E-state index in [9.17, 15) is 14.9 Å². The zero-order valence-corrected chi connectivity index (χ0v) is 11.3. The van der Waals surface area contributed by atoms with Gasteiger partial charge in [-0.2, -0.15) is 0 Å². The van der Waals surface area contributed by atoms with E-state index in [0.717, 1.165) is 5.56 Å². The lowest BCUT2D eigenvalue weighted by Crippen LogP contribution is -2.03. The number of nitro groups is 1. The van der Waals surface area contributed by atoms with E-state index in [2.05, 4.69) is 10.3 Å². The molecule has 7 nitrogen and oxygen atoms in total. The molecule has 0 aliphatic carbocycles. The Morgan fingerprint density at radius 3 is 2.86 bits per heavy atom. The van der Waals surface area contributed by atoms with Crippen molar-refractivity contribution in [2.75, 3.05) is 12.4 Å². The van der Waals surface area contributed by atoms with Gasteiger partial charge in [-0.25, -0.2) is 4.98 Å². The Morgan fingerprint density at radius 1 is 1.38 bits per heavy atom. The average molecular weight is 287 g/mol. The van der Waals surface area contributed by atoms with Gasteiger partial charge in [-0.3, -0.25) is 14.9 Å². The van der Waals surface area contributed by atoms with E-state index in [1.165, 1.54) is 25.3 Å². The number of hydrogen-bond donors (Lipinski definition) is 1. The molecule has 2 aromatic rings. The van der Waals surface area contributed by atoms with E-state index in [0.29, 0.717) is 24.4 Å². The summed E-state index contributed by atoms with van der Waals surface area (Å²) in [5.74, 6) is 0.472. The predicted octanol–water partition coefficient (Wildman–Crippen LogP) is 2.42. The molecule has 108 valence electrons. The molecule has 0 aliphatic rings. The van der Waals surface area contributed by atoms with Crippen LogP contribution in [0.1, 0.15) is 15.9 Å². The monoisotopic (exact) mass is 287 g/mol. The maximum atomic E-state index is 11.0. The Hall–Kier alpha value is -2.96. The second kappa shape index (κ2) is 6.47. The van der Waals surface area contributed by atoms with E-state index in [4.69, 9.17) is 4.74 Å². The molecule has 0 unspecified atom stereocenters. The number of anilines is 1. The molecule has 0 amide bonds. The Morgan fingerprint density at radius 2 is 2.19 bits per heavy atom. The first-order valence-electron chi connectivity index (χ1n) is 6.10. The molecule has 1 aromatic carbocycles. The molecule has 0 fully saturated rings. The second-order valence-corrected chi connectivity index (χ2v) is 4.21. The summed E-state index contributed by atoms with van der Waals surface area (Å²) in [6, 6.07) is 7.79. The van der Waals surface area contributed by atoms with Crippen molar-refractivity contribution >= 4 is 17.7 Å². The van der Waals surface area contributed by atoms with Crippen molar-refractivity contribution in [3.8, 4) is 5.88 Å². The number of pyridine rings is 1. The highest BCUT2D eigenvalue weighted by molar-refractivity contribution is 5.79. The number of aldehydes is 1. The highest BCUT2D eigenvalue weighted by Gasteiger charge is 2.14. The quantitative estimate of drug-likeness (QED) is 0.498. The fourth-order valence-electron chi connectivity index (χ4n) is 1.79. The van der Waals surface area contributed by atoms with Gasteiger partial charge < -0.3 is 10.1 Å². The van der Waals surface area contributed by atoms with E-state index in [1.807, 2.05) is 0 Å². The predicted molar refractivity (Wildman–Crippen MR) is 76.6 cm³/mol. The van der Waals surface area contributed by atoms with Crippen LogP contribution in [0.4, 0.5) is 11.4 Å². The van der Waals surface area contributed by atoms with Crippen molar-refractivity contribution in [3.05, 3.63) is 57.8 Å². The lowest BCUT2D eigenvalue weighted by Gasteiger charge is -2.08. The number of ether oxygens (including phenoxy) is 1. The van der Waals surface area contributed by atoms with Crippen molar-refractivity contribution in [2.45, 2.75) is 6.54 Å². The summed E-state index contributed by atoms with van der Waals surface area (Å²) < 4.78 is 5.01. The lowest BCUT2D eigenvalue weighted by atomic mass is 10.2. The molecule has 1 heterocycles. The second-order valence-electron chi connectivity index (χ2n) is 4.21. The number of nitrogens with zero attached hydrogens (tertiary/aromatic N) is 2. The molecule has 0 bridgehead atoms. The topological polar surface area (TPSA) is 94.4 Å². The normalized spacial score (nSPS) is 9.95. The summed E-state index contributed by atoms with van der Waals surface area (Å²) in [4.78, 5) is 25.2. The van der Waals surface area contributed by atoms with Crippen molar-refractivity contribution in [1.82, 2.24) is 4.98 Å². The minimum Gasteiger partial charge on any atom is -0.481 e. The largest absolute Gasteiger partial charge is 0.481 e. The number of aromatic nitrogens is 1. The van der Waals surface area contributed by atoms with E-state index in [1.54, 1.807) is 18.3 Å². The molecule has 2 rings (SSSR count). The summed E-state index contributed by atoms with van der Waals surface area (Å²) in [6.07, 6.45) is 2.17. The third-order valence-corrected chi connectivity index (χ3v) is 2.85. The number of carbonyl (C=O) groups is 1. The van der Waals surface area contributed by atoms with Crippen molar-refractivity contribution in [2.24, 2.45) is 0 Å². The van der Waals surface area contributed by atoms with Gasteiger partial charge in [-0.05, 0) is 23.8 Å². The number of benzene rings is 1. The minimum absolute atomic E-state index is 0.138. The number of nitro benzene ring substituents is 1. The number of rotatable bonds is 6. The molecule has 21 heavy (non-hydrogen) atoms. The van der Waals surface area contributed by atoms with E-state index >= 15 is 0 Å². The van der Waals surface area contributed by atoms with Crippen LogP contribution < -0.4 is 10.1 Å². The van der Waals surface area contributed by atoms with Crippen LogP contribution in [0, 0.1) is 10.1 Å². The summed E-state index contributed by atoms with van der Waals surface area (Å²) in [7, 11) is 1.52. The van der Waals surface area contributed by atoms with E-state index in [-0.39, 0.29) is 11.3 Å². The van der Waals surface area contributed by atoms with Gasteiger partial charge in [0.2, 0.25) is 5.88 Å². The fourth-order valence-corrected chi connectivity index (χ4v) is 1.79. The first kappa shape index (κ1) is 14.4. The standard InChI is InChI=1S/C14H13N3O4/c1-21-14-7-10(4-5-15-14)8-16-12-3-2-11(9-18)6-13(12)17(19)20/h2-7,9,16H,8H2,1H3. The zero-order valence-electron chi connectivity index (χ0n) is 11.3. The van der Waals surface area contributed by atoms with E-state index < -0.39 is 4.92 Å². The van der Waals surface area contributed by atoms with Gasteiger partial charge in [0.1, 0.15) is 12.0 Å². The van der Waals surface area contributed by atoms with Crippen LogP contribution in [-0.4, -0.2) is 23.3 Å². The van der Waals surface area contributed by atoms with Gasteiger partial charge in [-0.1, -0.05) is 0 Å². The van der Waals surface area contributed by atoms with Crippen molar-refractivity contribution in [1.29, 1.82) is 0 Å². The number of methoxy groups -OCH3 is 1. The summed E-state index contributed by atoms with van der Waals surface area (Å²) in [5.41, 5.74) is 1.34. The molecule has 7 heteroatoms. The van der Waals surface area contributed by atoms with Crippen LogP contribution in [0.15, 0.2) is 36.5 Å². The molecule has 0 atom stereocenters. The summed E-state index contributed by atoms with van der Waals surface area (Å²) in [6.45, 7) is 0.375. The van der Waals surface area contributed by atoms with Crippen LogP contribution in [0.2, 0.25) is 0 Å². The van der Waals surface area contributed by atoms with Crippen LogP contribution in [0.5, 0.6) is 5.88 Å². The van der Waals surface area contributed by atoms with Gasteiger partial charge in [-0.15, -0.1) is 0 Å². The van der Waals surface area contributed by atoms with Gasteiger partial charge in [0, 0.05) is 30.4 Å². The molecule has 1 N–H and O–H groups in total. The van der Waals surface area contributed by atoms with Crippen LogP contribution >= 0.6 is 0 Å². The number of carbonyl (C=O) groups excluding carboxylic acids is 1. The first-order chi connectivity index (χ1) is 10.1. The fraction of sp³-hybridized carbons (Fsp3) is 0.143.